The summed E-state index contributed by atoms with van der Waals surface area (Å²) in [6, 6.07) is 1.95. The van der Waals surface area contributed by atoms with Crippen molar-refractivity contribution in [3.05, 3.63) is 29.0 Å². The van der Waals surface area contributed by atoms with Crippen molar-refractivity contribution in [2.75, 3.05) is 6.61 Å². The van der Waals surface area contributed by atoms with Gasteiger partial charge in [-0.3, -0.25) is 0 Å². The topological polar surface area (TPSA) is 62.1 Å². The first-order valence-corrected chi connectivity index (χ1v) is 3.77. The summed E-state index contributed by atoms with van der Waals surface area (Å²) in [4.78, 5) is 11.1. The number of nitrogens with one attached hydrogen (secondary N) is 1. The fraction of sp³-hybridized carbons (Fsp3) is 0.222. The molecule has 0 atom stereocenters. The molecule has 4 nitrogen and oxygen atoms in total. The smallest absolute Gasteiger partial charge is 0.337 e. The largest absolute Gasteiger partial charge is 0.456 e. The van der Waals surface area contributed by atoms with Crippen LogP contribution in [0.25, 0.3) is 0 Å². The maximum atomic E-state index is 11.1. The molecular weight excluding hydrogens is 168 g/mol. The monoisotopic (exact) mass is 174 g/mol. The van der Waals surface area contributed by atoms with E-state index >= 15 is 0 Å². The number of rotatable bonds is 0. The lowest BCUT2D eigenvalue weighted by atomic mass is 10.0. The third-order valence-corrected chi connectivity index (χ3v) is 1.93. The van der Waals surface area contributed by atoms with Gasteiger partial charge in [0.05, 0.1) is 29.3 Å². The Kier molecular flexibility index (Phi) is 1.59. The molecule has 2 rings (SSSR count). The summed E-state index contributed by atoms with van der Waals surface area (Å²) in [5.74, 6) is -0.414. The van der Waals surface area contributed by atoms with Crippen LogP contribution in [0.15, 0.2) is 22.5 Å². The van der Waals surface area contributed by atoms with Gasteiger partial charge in [-0.05, 0) is 6.92 Å². The number of hydrogen-bond donors (Lipinski definition) is 1. The maximum Gasteiger partial charge on any atom is 0.337 e. The fourth-order valence-electron chi connectivity index (χ4n) is 1.25. The minimum atomic E-state index is -0.414. The molecule has 0 spiro atoms. The van der Waals surface area contributed by atoms with Crippen LogP contribution in [0.2, 0.25) is 0 Å². The zero-order valence-electron chi connectivity index (χ0n) is 6.97. The first kappa shape index (κ1) is 7.87. The summed E-state index contributed by atoms with van der Waals surface area (Å²) in [5.41, 5.74) is 2.11. The predicted octanol–water partition coefficient (Wildman–Crippen LogP) is 0.279. The number of allylic oxidation sites excluding steroid dienone is 2. The molecule has 0 bridgehead atoms. The molecule has 0 saturated carbocycles. The molecule has 2 radical (unpaired) electrons. The molecule has 4 heteroatoms. The number of cyclic esters (lactones) is 1. The van der Waals surface area contributed by atoms with Crippen molar-refractivity contribution < 1.29 is 9.53 Å². The molecule has 0 amide bonds. The summed E-state index contributed by atoms with van der Waals surface area (Å²) >= 11 is 0. The number of carbonyl (C=O) groups is 1. The molecule has 0 aliphatic carbocycles. The Morgan fingerprint density at radius 3 is 3.15 bits per heavy atom. The Bertz CT molecular complexity index is 385. The van der Waals surface area contributed by atoms with Crippen LogP contribution in [0.1, 0.15) is 6.92 Å². The lowest BCUT2D eigenvalue weighted by Crippen LogP contribution is -2.19. The van der Waals surface area contributed by atoms with Gasteiger partial charge in [-0.2, -0.15) is 5.26 Å². The Morgan fingerprint density at radius 1 is 1.69 bits per heavy atom. The van der Waals surface area contributed by atoms with Crippen LogP contribution in [0.3, 0.4) is 0 Å². The standard InChI is InChI=1S/C9H6N2O2/c1-5-6(3-10)2-7-8(11-5)4-13-9(7)12/h11H,4H2,1H3. The predicted molar refractivity (Wildman–Crippen MR) is 42.7 cm³/mol. The highest BCUT2D eigenvalue weighted by Gasteiger charge is 2.30. The summed E-state index contributed by atoms with van der Waals surface area (Å²) in [6.07, 6.45) is 2.73. The number of esters is 1. The zero-order chi connectivity index (χ0) is 9.42. The van der Waals surface area contributed by atoms with Gasteiger partial charge in [0.25, 0.3) is 0 Å². The Labute approximate surface area is 75.5 Å². The lowest BCUT2D eigenvalue weighted by Gasteiger charge is -2.14. The average Bonchev–Trinajstić information content (AvgIpc) is 2.46. The highest BCUT2D eigenvalue weighted by Crippen LogP contribution is 2.26. The van der Waals surface area contributed by atoms with Gasteiger partial charge in [0, 0.05) is 5.70 Å². The fourth-order valence-corrected chi connectivity index (χ4v) is 1.25. The van der Waals surface area contributed by atoms with Crippen LogP contribution in [0.4, 0.5) is 0 Å². The molecule has 1 N–H and O–H groups in total. The molecule has 0 unspecified atom stereocenters. The first-order valence-electron chi connectivity index (χ1n) is 3.77. The normalized spacial score (nSPS) is 20.8. The van der Waals surface area contributed by atoms with Crippen LogP contribution in [-0.4, -0.2) is 12.6 Å². The van der Waals surface area contributed by atoms with E-state index in [4.69, 9.17) is 10.00 Å². The highest BCUT2D eigenvalue weighted by molar-refractivity contribution is 5.95. The SMILES string of the molecule is CC1=C(C#N)[C]C2=C(COC2=O)N1. The summed E-state index contributed by atoms with van der Waals surface area (Å²) in [5, 5.41) is 11.6. The van der Waals surface area contributed by atoms with Crippen LogP contribution < -0.4 is 5.32 Å². The minimum Gasteiger partial charge on any atom is -0.456 e. The second-order valence-electron chi connectivity index (χ2n) is 2.79. The number of ether oxygens (including phenoxy) is 1. The van der Waals surface area contributed by atoms with Gasteiger partial charge in [0.1, 0.15) is 6.61 Å². The van der Waals surface area contributed by atoms with Gasteiger partial charge in [0.15, 0.2) is 0 Å². The van der Waals surface area contributed by atoms with Crippen molar-refractivity contribution in [3.63, 3.8) is 0 Å². The van der Waals surface area contributed by atoms with Crippen molar-refractivity contribution in [1.29, 1.82) is 5.26 Å². The van der Waals surface area contributed by atoms with Crippen molar-refractivity contribution in [1.82, 2.24) is 5.32 Å². The maximum absolute atomic E-state index is 11.1. The Balaban J connectivity index is 2.33. The second kappa shape index (κ2) is 2.63. The Hall–Kier alpha value is -1.76. The molecule has 2 aliphatic heterocycles. The third kappa shape index (κ3) is 1.09. The van der Waals surface area contributed by atoms with E-state index in [2.05, 4.69) is 11.7 Å². The molecule has 2 heterocycles. The second-order valence-corrected chi connectivity index (χ2v) is 2.79. The van der Waals surface area contributed by atoms with Crippen molar-refractivity contribution in [3.8, 4) is 6.07 Å². The van der Waals surface area contributed by atoms with E-state index in [1.54, 1.807) is 6.92 Å². The first-order chi connectivity index (χ1) is 6.22. The van der Waals surface area contributed by atoms with E-state index in [1.165, 1.54) is 0 Å². The molecule has 64 valence electrons. The average molecular weight is 174 g/mol. The van der Waals surface area contributed by atoms with Gasteiger partial charge < -0.3 is 10.1 Å². The molecule has 13 heavy (non-hydrogen) atoms. The lowest BCUT2D eigenvalue weighted by molar-refractivity contribution is -0.135. The van der Waals surface area contributed by atoms with Crippen LogP contribution in [0.5, 0.6) is 0 Å². The number of hydrogen-bond acceptors (Lipinski definition) is 4. The van der Waals surface area contributed by atoms with E-state index in [1.807, 2.05) is 6.07 Å². The number of dihydropyridines is 1. The molecule has 0 aromatic rings. The molecular formula is C9H6N2O2. The van der Waals surface area contributed by atoms with E-state index < -0.39 is 5.97 Å². The van der Waals surface area contributed by atoms with E-state index in [9.17, 15) is 4.79 Å². The van der Waals surface area contributed by atoms with Gasteiger partial charge >= 0.3 is 5.97 Å². The highest BCUT2D eigenvalue weighted by atomic mass is 16.5. The molecule has 2 aliphatic rings. The quantitative estimate of drug-likeness (QED) is 0.536. The van der Waals surface area contributed by atoms with E-state index in [0.29, 0.717) is 22.5 Å². The van der Waals surface area contributed by atoms with Crippen molar-refractivity contribution in [2.24, 2.45) is 0 Å². The molecule has 0 aromatic carbocycles. The molecule has 0 fully saturated rings. The van der Waals surface area contributed by atoms with E-state index in [0.717, 1.165) is 0 Å². The van der Waals surface area contributed by atoms with Gasteiger partial charge in [-0.1, -0.05) is 0 Å². The molecule has 0 aromatic heterocycles. The van der Waals surface area contributed by atoms with Crippen molar-refractivity contribution in [2.45, 2.75) is 6.92 Å². The number of nitriles is 1. The molecule has 0 saturated heterocycles. The minimum absolute atomic E-state index is 0.247. The van der Waals surface area contributed by atoms with Crippen molar-refractivity contribution >= 4 is 5.97 Å². The van der Waals surface area contributed by atoms with Crippen LogP contribution >= 0.6 is 0 Å². The summed E-state index contributed by atoms with van der Waals surface area (Å²) < 4.78 is 4.77. The Morgan fingerprint density at radius 2 is 2.46 bits per heavy atom. The van der Waals surface area contributed by atoms with Crippen LogP contribution in [-0.2, 0) is 9.53 Å². The zero-order valence-corrected chi connectivity index (χ0v) is 6.97. The van der Waals surface area contributed by atoms with Crippen LogP contribution in [0, 0.1) is 17.8 Å². The van der Waals surface area contributed by atoms with Gasteiger partial charge in [0.2, 0.25) is 0 Å². The summed E-state index contributed by atoms with van der Waals surface area (Å²) in [6.45, 7) is 2.01. The number of nitrogens with zero attached hydrogens (tertiary/aromatic N) is 1. The number of carbonyl (C=O) groups excluding carboxylic acids is 1. The van der Waals surface area contributed by atoms with E-state index in [-0.39, 0.29) is 6.61 Å². The third-order valence-electron chi connectivity index (χ3n) is 1.93. The summed E-state index contributed by atoms with van der Waals surface area (Å²) in [7, 11) is 0. The van der Waals surface area contributed by atoms with Gasteiger partial charge in [-0.15, -0.1) is 0 Å². The van der Waals surface area contributed by atoms with Gasteiger partial charge in [-0.25, -0.2) is 4.79 Å².